The molecular weight excluding hydrogens is 274 g/mol. The van der Waals surface area contributed by atoms with Crippen LogP contribution in [0.25, 0.3) is 0 Å². The Kier molecular flexibility index (Phi) is 3.64. The zero-order chi connectivity index (χ0) is 14.3. The Bertz CT molecular complexity index is 590. The highest BCUT2D eigenvalue weighted by Crippen LogP contribution is 2.38. The summed E-state index contributed by atoms with van der Waals surface area (Å²) in [5.41, 5.74) is 6.67. The highest BCUT2D eigenvalue weighted by molar-refractivity contribution is 7.89. The fraction of sp³-hybridized carbons (Fsp3) is 0.714. The van der Waals surface area contributed by atoms with Crippen molar-refractivity contribution in [3.63, 3.8) is 0 Å². The molecule has 0 aromatic carbocycles. The fourth-order valence-corrected chi connectivity index (χ4v) is 4.57. The number of hydrogen-bond acceptors (Lipinski definition) is 3. The first kappa shape index (κ1) is 14.1. The molecule has 0 bridgehead atoms. The van der Waals surface area contributed by atoms with E-state index in [1.54, 1.807) is 16.6 Å². The van der Waals surface area contributed by atoms with E-state index in [0.29, 0.717) is 36.5 Å². The largest absolute Gasteiger partial charge is 0.346 e. The van der Waals surface area contributed by atoms with Gasteiger partial charge in [0.05, 0.1) is 0 Å². The van der Waals surface area contributed by atoms with Crippen LogP contribution in [0.5, 0.6) is 0 Å². The van der Waals surface area contributed by atoms with Crippen LogP contribution in [0.1, 0.15) is 44.3 Å². The monoisotopic (exact) mass is 297 g/mol. The number of nitrogens with two attached hydrogens (primary N) is 1. The summed E-state index contributed by atoms with van der Waals surface area (Å²) in [6.07, 6.45) is 6.06. The molecule has 1 saturated heterocycles. The van der Waals surface area contributed by atoms with Crippen LogP contribution in [0.15, 0.2) is 17.2 Å². The number of aromatic nitrogens is 1. The molecule has 112 valence electrons. The minimum absolute atomic E-state index is 0.392. The fourth-order valence-electron chi connectivity index (χ4n) is 2.99. The molecule has 1 unspecified atom stereocenters. The van der Waals surface area contributed by atoms with Crippen molar-refractivity contribution in [2.24, 2.45) is 11.7 Å². The second kappa shape index (κ2) is 5.16. The summed E-state index contributed by atoms with van der Waals surface area (Å²) in [6.45, 7) is 3.82. The first-order chi connectivity index (χ1) is 9.56. The molecule has 3 rings (SSSR count). The molecule has 0 spiro atoms. The molecule has 1 aliphatic heterocycles. The molecule has 0 radical (unpaired) electrons. The summed E-state index contributed by atoms with van der Waals surface area (Å²) in [6, 6.07) is 2.21. The molecule has 2 fully saturated rings. The van der Waals surface area contributed by atoms with Gasteiger partial charge in [0.15, 0.2) is 0 Å². The van der Waals surface area contributed by atoms with Gasteiger partial charge < -0.3 is 10.3 Å². The summed E-state index contributed by atoms with van der Waals surface area (Å²) in [7, 11) is -3.34. The Balaban J connectivity index is 1.87. The van der Waals surface area contributed by atoms with Gasteiger partial charge in [-0.25, -0.2) is 8.42 Å². The number of nitrogens with zero attached hydrogens (tertiary/aromatic N) is 2. The maximum absolute atomic E-state index is 12.7. The predicted molar refractivity (Wildman–Crippen MR) is 77.8 cm³/mol. The molecule has 2 heterocycles. The summed E-state index contributed by atoms with van der Waals surface area (Å²) < 4.78 is 29.1. The quantitative estimate of drug-likeness (QED) is 0.899. The lowest BCUT2D eigenvalue weighted by molar-refractivity contribution is 0.453. The maximum atomic E-state index is 12.7. The second-order valence-corrected chi connectivity index (χ2v) is 7.87. The zero-order valence-corrected chi connectivity index (χ0v) is 12.8. The van der Waals surface area contributed by atoms with Crippen LogP contribution in [0.3, 0.4) is 0 Å². The van der Waals surface area contributed by atoms with Gasteiger partial charge in [0.25, 0.3) is 0 Å². The van der Waals surface area contributed by atoms with E-state index in [2.05, 4.69) is 11.5 Å². The molecule has 1 aromatic heterocycles. The summed E-state index contributed by atoms with van der Waals surface area (Å²) >= 11 is 0. The number of sulfonamides is 1. The SMILES string of the molecule is CCC1CCN(S(=O)(=O)c2cc(CN)n(C3CC3)c2)C1. The standard InChI is InChI=1S/C14H23N3O2S/c1-2-11-5-6-16(9-11)20(18,19)14-7-13(8-15)17(10-14)12-3-4-12/h7,10-12H,2-6,8-9,15H2,1H3. The maximum Gasteiger partial charge on any atom is 0.244 e. The van der Waals surface area contributed by atoms with Crippen molar-refractivity contribution in [1.82, 2.24) is 8.87 Å². The average molecular weight is 297 g/mol. The second-order valence-electron chi connectivity index (χ2n) is 5.94. The van der Waals surface area contributed by atoms with E-state index in [1.165, 1.54) is 0 Å². The van der Waals surface area contributed by atoms with Crippen LogP contribution in [0, 0.1) is 5.92 Å². The van der Waals surface area contributed by atoms with E-state index in [0.717, 1.165) is 31.4 Å². The Morgan fingerprint density at radius 2 is 2.10 bits per heavy atom. The molecule has 5 nitrogen and oxygen atoms in total. The third-order valence-electron chi connectivity index (χ3n) is 4.52. The van der Waals surface area contributed by atoms with Gasteiger partial charge in [-0.2, -0.15) is 4.31 Å². The Hall–Kier alpha value is -0.850. The van der Waals surface area contributed by atoms with Gasteiger partial charge in [-0.1, -0.05) is 13.3 Å². The van der Waals surface area contributed by atoms with Gasteiger partial charge in [0.1, 0.15) is 4.90 Å². The summed E-state index contributed by atoms with van der Waals surface area (Å²) in [5.74, 6) is 0.504. The van der Waals surface area contributed by atoms with E-state index >= 15 is 0 Å². The molecule has 2 N–H and O–H groups in total. The lowest BCUT2D eigenvalue weighted by Gasteiger charge is -2.15. The molecule has 1 atom stereocenters. The van der Waals surface area contributed by atoms with Crippen LogP contribution in [-0.4, -0.2) is 30.4 Å². The molecule has 2 aliphatic rings. The van der Waals surface area contributed by atoms with Crippen molar-refractivity contribution in [3.8, 4) is 0 Å². The van der Waals surface area contributed by atoms with Crippen molar-refractivity contribution in [1.29, 1.82) is 0 Å². The van der Waals surface area contributed by atoms with Gasteiger partial charge in [0.2, 0.25) is 10.0 Å². The molecule has 1 aliphatic carbocycles. The minimum Gasteiger partial charge on any atom is -0.346 e. The van der Waals surface area contributed by atoms with Crippen molar-refractivity contribution < 1.29 is 8.42 Å². The van der Waals surface area contributed by atoms with Crippen molar-refractivity contribution in [2.75, 3.05) is 13.1 Å². The normalized spacial score (nSPS) is 24.4. The predicted octanol–water partition coefficient (Wildman–Crippen LogP) is 1.70. The van der Waals surface area contributed by atoms with Gasteiger partial charge in [0, 0.05) is 37.6 Å². The van der Waals surface area contributed by atoms with Crippen LogP contribution < -0.4 is 5.73 Å². The molecular formula is C14H23N3O2S. The Morgan fingerprint density at radius 1 is 1.35 bits per heavy atom. The summed E-state index contributed by atoms with van der Waals surface area (Å²) in [4.78, 5) is 0.418. The van der Waals surface area contributed by atoms with E-state index < -0.39 is 10.0 Å². The van der Waals surface area contributed by atoms with Crippen LogP contribution in [-0.2, 0) is 16.6 Å². The molecule has 20 heavy (non-hydrogen) atoms. The van der Waals surface area contributed by atoms with Crippen LogP contribution >= 0.6 is 0 Å². The Labute approximate surface area is 120 Å². The zero-order valence-electron chi connectivity index (χ0n) is 12.0. The van der Waals surface area contributed by atoms with Gasteiger partial charge in [-0.3, -0.25) is 0 Å². The highest BCUT2D eigenvalue weighted by atomic mass is 32.2. The van der Waals surface area contributed by atoms with E-state index in [4.69, 9.17) is 5.73 Å². The average Bonchev–Trinajstić information content (AvgIpc) is 3.01. The third kappa shape index (κ3) is 2.40. The third-order valence-corrected chi connectivity index (χ3v) is 6.35. The van der Waals surface area contributed by atoms with E-state index in [1.807, 2.05) is 0 Å². The Morgan fingerprint density at radius 3 is 2.65 bits per heavy atom. The minimum atomic E-state index is -3.34. The van der Waals surface area contributed by atoms with Crippen molar-refractivity contribution in [3.05, 3.63) is 18.0 Å². The first-order valence-corrected chi connectivity index (χ1v) is 8.91. The molecule has 1 aromatic rings. The van der Waals surface area contributed by atoms with E-state index in [9.17, 15) is 8.42 Å². The number of hydrogen-bond donors (Lipinski definition) is 1. The topological polar surface area (TPSA) is 68.3 Å². The van der Waals surface area contributed by atoms with Crippen LogP contribution in [0.4, 0.5) is 0 Å². The summed E-state index contributed by atoms with van der Waals surface area (Å²) in [5, 5.41) is 0. The number of rotatable bonds is 5. The smallest absolute Gasteiger partial charge is 0.244 e. The first-order valence-electron chi connectivity index (χ1n) is 7.47. The molecule has 6 heteroatoms. The van der Waals surface area contributed by atoms with Crippen molar-refractivity contribution >= 4 is 10.0 Å². The lowest BCUT2D eigenvalue weighted by atomic mass is 10.1. The van der Waals surface area contributed by atoms with Crippen LogP contribution in [0.2, 0.25) is 0 Å². The van der Waals surface area contributed by atoms with Gasteiger partial charge >= 0.3 is 0 Å². The van der Waals surface area contributed by atoms with Crippen molar-refractivity contribution in [2.45, 2.75) is 50.1 Å². The van der Waals surface area contributed by atoms with Gasteiger partial charge in [-0.15, -0.1) is 0 Å². The molecule has 1 saturated carbocycles. The highest BCUT2D eigenvalue weighted by Gasteiger charge is 2.34. The van der Waals surface area contributed by atoms with E-state index in [-0.39, 0.29) is 0 Å². The lowest BCUT2D eigenvalue weighted by Crippen LogP contribution is -2.28. The van der Waals surface area contributed by atoms with Gasteiger partial charge in [-0.05, 0) is 31.2 Å². The molecule has 0 amide bonds.